The first-order valence-electron chi connectivity index (χ1n) is 8.15. The van der Waals surface area contributed by atoms with E-state index in [2.05, 4.69) is 31.8 Å². The fourth-order valence-electron chi connectivity index (χ4n) is 2.54. The monoisotopic (exact) mass is 442 g/mol. The van der Waals surface area contributed by atoms with Gasteiger partial charge in [-0.15, -0.1) is 0 Å². The van der Waals surface area contributed by atoms with Crippen LogP contribution in [0.3, 0.4) is 0 Å². The molecule has 0 aromatic heterocycles. The highest BCUT2D eigenvalue weighted by Gasteiger charge is 2.17. The molecule has 1 amide bonds. The molecule has 0 fully saturated rings. The maximum atomic E-state index is 11.9. The number of hydrogen-bond donors (Lipinski definition) is 3. The zero-order chi connectivity index (χ0) is 20.1. The second kappa shape index (κ2) is 8.49. The Hall–Kier alpha value is -3.46. The van der Waals surface area contributed by atoms with E-state index in [0.717, 1.165) is 22.7 Å². The molecule has 142 valence electrons. The Balaban J connectivity index is 1.60. The zero-order valence-corrected chi connectivity index (χ0v) is 16.0. The second-order valence-corrected chi connectivity index (χ2v) is 6.74. The average Bonchev–Trinajstić information content (AvgIpc) is 2.68. The number of nitro groups is 1. The minimum Gasteiger partial charge on any atom is -0.502 e. The van der Waals surface area contributed by atoms with Gasteiger partial charge in [0, 0.05) is 21.8 Å². The number of nitro benzene ring substituents is 1. The molecule has 0 aliphatic rings. The number of anilines is 1. The summed E-state index contributed by atoms with van der Waals surface area (Å²) >= 11 is 3.13. The number of fused-ring (bicyclic) bond motifs is 1. The lowest BCUT2D eigenvalue weighted by Crippen LogP contribution is -2.25. The first-order chi connectivity index (χ1) is 13.4. The van der Waals surface area contributed by atoms with Gasteiger partial charge in [-0.3, -0.25) is 14.9 Å². The molecule has 9 heteroatoms. The second-order valence-electron chi connectivity index (χ2n) is 5.83. The number of aromatic hydroxyl groups is 1. The molecule has 3 aromatic rings. The van der Waals surface area contributed by atoms with Crippen molar-refractivity contribution in [3.63, 3.8) is 0 Å². The largest absolute Gasteiger partial charge is 0.502 e. The van der Waals surface area contributed by atoms with Crippen molar-refractivity contribution in [2.24, 2.45) is 5.10 Å². The van der Waals surface area contributed by atoms with Crippen molar-refractivity contribution in [1.29, 1.82) is 0 Å². The third-order valence-electron chi connectivity index (χ3n) is 3.88. The van der Waals surface area contributed by atoms with Gasteiger partial charge in [-0.2, -0.15) is 5.10 Å². The molecule has 0 unspecified atom stereocenters. The number of carbonyl (C=O) groups is 1. The van der Waals surface area contributed by atoms with Crippen LogP contribution in [-0.4, -0.2) is 28.7 Å². The number of amides is 1. The van der Waals surface area contributed by atoms with E-state index in [9.17, 15) is 20.0 Å². The topological polar surface area (TPSA) is 117 Å². The molecule has 28 heavy (non-hydrogen) atoms. The van der Waals surface area contributed by atoms with Crippen molar-refractivity contribution in [3.8, 4) is 5.75 Å². The summed E-state index contributed by atoms with van der Waals surface area (Å²) < 4.78 is 0.405. The highest BCUT2D eigenvalue weighted by Crippen LogP contribution is 2.32. The van der Waals surface area contributed by atoms with Crippen molar-refractivity contribution in [2.45, 2.75) is 0 Å². The molecule has 0 saturated heterocycles. The van der Waals surface area contributed by atoms with Gasteiger partial charge in [0.2, 0.25) is 5.75 Å². The molecule has 0 saturated carbocycles. The maximum absolute atomic E-state index is 11.9. The minimum absolute atomic E-state index is 0.0136. The SMILES string of the molecule is O=C(CNc1ccc2ccccc2c1)NN=Cc1cc(Br)cc([N+](=O)[O-])c1O. The Morgan fingerprint density at radius 3 is 2.68 bits per heavy atom. The van der Waals surface area contributed by atoms with Crippen LogP contribution in [0.4, 0.5) is 11.4 Å². The summed E-state index contributed by atoms with van der Waals surface area (Å²) in [5.41, 5.74) is 2.74. The van der Waals surface area contributed by atoms with E-state index in [1.54, 1.807) is 0 Å². The van der Waals surface area contributed by atoms with Gasteiger partial charge >= 0.3 is 5.69 Å². The number of carbonyl (C=O) groups excluding carboxylic acids is 1. The summed E-state index contributed by atoms with van der Waals surface area (Å²) in [6.07, 6.45) is 1.14. The lowest BCUT2D eigenvalue weighted by molar-refractivity contribution is -0.385. The zero-order valence-electron chi connectivity index (χ0n) is 14.4. The van der Waals surface area contributed by atoms with Crippen LogP contribution in [0.25, 0.3) is 10.8 Å². The summed E-state index contributed by atoms with van der Waals surface area (Å²) in [6.45, 7) is -0.0136. The van der Waals surface area contributed by atoms with Gasteiger partial charge in [-0.25, -0.2) is 5.43 Å². The average molecular weight is 443 g/mol. The van der Waals surface area contributed by atoms with E-state index in [1.165, 1.54) is 12.1 Å². The quantitative estimate of drug-likeness (QED) is 0.305. The molecule has 0 aliphatic carbocycles. The van der Waals surface area contributed by atoms with Gasteiger partial charge in [0.05, 0.1) is 17.7 Å². The van der Waals surface area contributed by atoms with Gasteiger partial charge in [-0.05, 0) is 29.0 Å². The molecule has 3 rings (SSSR count). The predicted molar refractivity (Wildman–Crippen MR) is 111 cm³/mol. The van der Waals surface area contributed by atoms with Crippen LogP contribution in [0.1, 0.15) is 5.56 Å². The maximum Gasteiger partial charge on any atom is 0.312 e. The van der Waals surface area contributed by atoms with Crippen LogP contribution in [-0.2, 0) is 4.79 Å². The number of nitrogens with zero attached hydrogens (tertiary/aromatic N) is 2. The van der Waals surface area contributed by atoms with Crippen molar-refractivity contribution >= 4 is 50.2 Å². The predicted octanol–water partition coefficient (Wildman–Crippen LogP) is 3.78. The van der Waals surface area contributed by atoms with Crippen molar-refractivity contribution in [1.82, 2.24) is 5.43 Å². The molecule has 3 N–H and O–H groups in total. The molecule has 8 nitrogen and oxygen atoms in total. The number of phenols is 1. The summed E-state index contributed by atoms with van der Waals surface area (Å²) in [5.74, 6) is -0.936. The summed E-state index contributed by atoms with van der Waals surface area (Å²) in [7, 11) is 0. The number of nitrogens with one attached hydrogen (secondary N) is 2. The molecule has 0 heterocycles. The van der Waals surface area contributed by atoms with Crippen LogP contribution >= 0.6 is 15.9 Å². The van der Waals surface area contributed by atoms with E-state index in [4.69, 9.17) is 0 Å². The summed E-state index contributed by atoms with van der Waals surface area (Å²) in [4.78, 5) is 22.1. The van der Waals surface area contributed by atoms with E-state index < -0.39 is 22.3 Å². The number of hydrogen-bond acceptors (Lipinski definition) is 6. The van der Waals surface area contributed by atoms with Crippen LogP contribution in [0.2, 0.25) is 0 Å². The molecule has 3 aromatic carbocycles. The summed E-state index contributed by atoms with van der Waals surface area (Å²) in [6, 6.07) is 16.3. The van der Waals surface area contributed by atoms with Gasteiger partial charge in [0.25, 0.3) is 5.91 Å². The molecule has 0 radical (unpaired) electrons. The van der Waals surface area contributed by atoms with Gasteiger partial charge in [0.1, 0.15) is 0 Å². The highest BCUT2D eigenvalue weighted by atomic mass is 79.9. The Kier molecular flexibility index (Phi) is 5.85. The van der Waals surface area contributed by atoms with Crippen LogP contribution in [0.15, 0.2) is 64.2 Å². The van der Waals surface area contributed by atoms with Gasteiger partial charge in [-0.1, -0.05) is 46.3 Å². The first kappa shape index (κ1) is 19.3. The van der Waals surface area contributed by atoms with Crippen LogP contribution in [0.5, 0.6) is 5.75 Å². The molecular formula is C19H15BrN4O4. The number of benzene rings is 3. The molecular weight excluding hydrogens is 428 g/mol. The van der Waals surface area contributed by atoms with E-state index in [0.29, 0.717) is 4.47 Å². The third kappa shape index (κ3) is 4.63. The van der Waals surface area contributed by atoms with Crippen molar-refractivity contribution in [3.05, 3.63) is 74.7 Å². The standard InChI is InChI=1S/C19H15BrN4O4/c20-15-7-14(19(26)17(9-15)24(27)28)10-22-23-18(25)11-21-16-6-5-12-3-1-2-4-13(12)8-16/h1-10,21,26H,11H2,(H,23,25). The number of halogens is 1. The Bertz CT molecular complexity index is 1080. The fraction of sp³-hybridized carbons (Fsp3) is 0.0526. The Morgan fingerprint density at radius 1 is 1.18 bits per heavy atom. The molecule has 0 atom stereocenters. The Morgan fingerprint density at radius 2 is 1.93 bits per heavy atom. The third-order valence-corrected chi connectivity index (χ3v) is 4.33. The fourth-order valence-corrected chi connectivity index (χ4v) is 3.00. The van der Waals surface area contributed by atoms with E-state index in [-0.39, 0.29) is 12.1 Å². The smallest absolute Gasteiger partial charge is 0.312 e. The molecule has 0 bridgehead atoms. The number of rotatable bonds is 6. The first-order valence-corrected chi connectivity index (χ1v) is 8.95. The highest BCUT2D eigenvalue weighted by molar-refractivity contribution is 9.10. The van der Waals surface area contributed by atoms with E-state index >= 15 is 0 Å². The Labute approximate surface area is 168 Å². The lowest BCUT2D eigenvalue weighted by Gasteiger charge is -2.07. The molecule has 0 aliphatic heterocycles. The minimum atomic E-state index is -0.705. The normalized spacial score (nSPS) is 10.9. The summed E-state index contributed by atoms with van der Waals surface area (Å²) in [5, 5.41) is 29.7. The number of hydrazone groups is 1. The van der Waals surface area contributed by atoms with Crippen LogP contribution < -0.4 is 10.7 Å². The van der Waals surface area contributed by atoms with Gasteiger partial charge < -0.3 is 10.4 Å². The van der Waals surface area contributed by atoms with Crippen molar-refractivity contribution in [2.75, 3.05) is 11.9 Å². The van der Waals surface area contributed by atoms with Crippen LogP contribution in [0, 0.1) is 10.1 Å². The van der Waals surface area contributed by atoms with Gasteiger partial charge in [0.15, 0.2) is 0 Å². The van der Waals surface area contributed by atoms with E-state index in [1.807, 2.05) is 42.5 Å². The van der Waals surface area contributed by atoms with Crippen molar-refractivity contribution < 1.29 is 14.8 Å². The number of phenolic OH excluding ortho intramolecular Hbond substituents is 1. The molecule has 0 spiro atoms. The lowest BCUT2D eigenvalue weighted by atomic mass is 10.1.